The highest BCUT2D eigenvalue weighted by atomic mass is 19.1. The molecular formula is C23H23FN4O2. The number of aromatic nitrogens is 2. The van der Waals surface area contributed by atoms with Gasteiger partial charge in [-0.05, 0) is 43.2 Å². The van der Waals surface area contributed by atoms with Crippen molar-refractivity contribution in [2.75, 3.05) is 18.4 Å². The van der Waals surface area contributed by atoms with Crippen LogP contribution < -0.4 is 5.32 Å². The summed E-state index contributed by atoms with van der Waals surface area (Å²) in [5, 5.41) is 7.15. The molecule has 3 aromatic rings. The van der Waals surface area contributed by atoms with Crippen LogP contribution in [0.3, 0.4) is 0 Å². The maximum atomic E-state index is 13.6. The zero-order chi connectivity index (χ0) is 20.9. The van der Waals surface area contributed by atoms with E-state index in [-0.39, 0.29) is 17.3 Å². The molecule has 154 valence electrons. The predicted molar refractivity (Wildman–Crippen MR) is 112 cm³/mol. The number of carbonyl (C=O) groups is 2. The number of benzene rings is 2. The van der Waals surface area contributed by atoms with Gasteiger partial charge in [0, 0.05) is 18.7 Å². The number of halogens is 1. The Balaban J connectivity index is 1.71. The summed E-state index contributed by atoms with van der Waals surface area (Å²) in [6, 6.07) is 14.7. The van der Waals surface area contributed by atoms with Crippen LogP contribution in [0.25, 0.3) is 5.69 Å². The second kappa shape index (κ2) is 8.90. The molecule has 1 aliphatic heterocycles. The average molecular weight is 406 g/mol. The minimum Gasteiger partial charge on any atom is -0.338 e. The van der Waals surface area contributed by atoms with Gasteiger partial charge < -0.3 is 10.2 Å². The summed E-state index contributed by atoms with van der Waals surface area (Å²) in [4.78, 5) is 27.9. The lowest BCUT2D eigenvalue weighted by atomic mass is 10.2. The van der Waals surface area contributed by atoms with Gasteiger partial charge in [0.05, 0.1) is 11.9 Å². The molecule has 0 aliphatic carbocycles. The fraction of sp³-hybridized carbons (Fsp3) is 0.261. The van der Waals surface area contributed by atoms with Crippen molar-refractivity contribution in [3.05, 3.63) is 77.7 Å². The number of nitrogens with zero attached hydrogens (tertiary/aromatic N) is 3. The molecule has 2 heterocycles. The summed E-state index contributed by atoms with van der Waals surface area (Å²) in [6.07, 6.45) is 5.63. The lowest BCUT2D eigenvalue weighted by Crippen LogP contribution is -2.32. The van der Waals surface area contributed by atoms with Crippen molar-refractivity contribution in [3.63, 3.8) is 0 Å². The van der Waals surface area contributed by atoms with Gasteiger partial charge in [0.15, 0.2) is 0 Å². The minimum atomic E-state index is -0.503. The third kappa shape index (κ3) is 4.25. The maximum absolute atomic E-state index is 13.6. The predicted octanol–water partition coefficient (Wildman–Crippen LogP) is 4.28. The Labute approximate surface area is 174 Å². The van der Waals surface area contributed by atoms with E-state index >= 15 is 0 Å². The van der Waals surface area contributed by atoms with E-state index in [0.29, 0.717) is 24.3 Å². The molecule has 1 saturated heterocycles. The minimum absolute atomic E-state index is 0.159. The molecule has 1 aromatic heterocycles. The van der Waals surface area contributed by atoms with E-state index in [4.69, 9.17) is 0 Å². The zero-order valence-electron chi connectivity index (χ0n) is 16.6. The molecule has 7 heteroatoms. The molecule has 1 N–H and O–H groups in total. The third-order valence-corrected chi connectivity index (χ3v) is 5.21. The van der Waals surface area contributed by atoms with E-state index in [2.05, 4.69) is 10.4 Å². The van der Waals surface area contributed by atoms with Crippen molar-refractivity contribution in [3.8, 4) is 5.69 Å². The molecule has 0 unspecified atom stereocenters. The zero-order valence-corrected chi connectivity index (χ0v) is 16.6. The maximum Gasteiger partial charge on any atom is 0.259 e. The topological polar surface area (TPSA) is 67.2 Å². The van der Waals surface area contributed by atoms with Gasteiger partial charge in [0.2, 0.25) is 0 Å². The summed E-state index contributed by atoms with van der Waals surface area (Å²) in [7, 11) is 0. The normalized spacial score (nSPS) is 14.2. The first-order valence-electron chi connectivity index (χ1n) is 10.1. The molecule has 0 spiro atoms. The molecule has 2 aromatic carbocycles. The van der Waals surface area contributed by atoms with Crippen molar-refractivity contribution < 1.29 is 14.0 Å². The number of hydrogen-bond donors (Lipinski definition) is 1. The summed E-state index contributed by atoms with van der Waals surface area (Å²) < 4.78 is 15.1. The molecule has 0 radical (unpaired) electrons. The first kappa shape index (κ1) is 19.8. The Morgan fingerprint density at radius 2 is 1.67 bits per heavy atom. The van der Waals surface area contributed by atoms with Crippen molar-refractivity contribution in [2.24, 2.45) is 0 Å². The molecule has 1 fully saturated rings. The largest absolute Gasteiger partial charge is 0.338 e. The highest BCUT2D eigenvalue weighted by Gasteiger charge is 2.25. The van der Waals surface area contributed by atoms with Crippen molar-refractivity contribution in [1.82, 2.24) is 14.7 Å². The Kier molecular flexibility index (Phi) is 5.88. The Morgan fingerprint density at radius 1 is 0.933 bits per heavy atom. The quantitative estimate of drug-likeness (QED) is 0.703. The first-order chi connectivity index (χ1) is 14.6. The Bertz CT molecular complexity index is 1040. The molecule has 0 bridgehead atoms. The van der Waals surface area contributed by atoms with Crippen LogP contribution in [0, 0.1) is 5.82 Å². The molecule has 30 heavy (non-hydrogen) atoms. The number of nitrogens with one attached hydrogen (secondary N) is 1. The molecule has 4 rings (SSSR count). The van der Waals surface area contributed by atoms with Gasteiger partial charge in [-0.15, -0.1) is 0 Å². The van der Waals surface area contributed by atoms with Gasteiger partial charge in [0.1, 0.15) is 17.2 Å². The number of anilines is 1. The fourth-order valence-corrected chi connectivity index (χ4v) is 3.64. The number of rotatable bonds is 4. The van der Waals surface area contributed by atoms with Crippen LogP contribution in [-0.2, 0) is 0 Å². The standard InChI is InChI=1S/C23H23FN4O2/c24-18-10-8-9-17(15-18)22(29)26-21-20(23(30)27-13-6-1-2-7-14-27)16-25-28(21)19-11-4-3-5-12-19/h3-5,8-12,15-16H,1-2,6-7,13-14H2,(H,26,29). The van der Waals surface area contributed by atoms with E-state index in [9.17, 15) is 14.0 Å². The van der Waals surface area contributed by atoms with E-state index in [1.165, 1.54) is 29.1 Å². The summed E-state index contributed by atoms with van der Waals surface area (Å²) in [5.41, 5.74) is 1.21. The monoisotopic (exact) mass is 406 g/mol. The van der Waals surface area contributed by atoms with Gasteiger partial charge >= 0.3 is 0 Å². The summed E-state index contributed by atoms with van der Waals surface area (Å²) in [5.74, 6) is -0.879. The van der Waals surface area contributed by atoms with Crippen LogP contribution in [0.15, 0.2) is 60.8 Å². The Morgan fingerprint density at radius 3 is 2.37 bits per heavy atom. The van der Waals surface area contributed by atoms with Gasteiger partial charge in [-0.1, -0.05) is 37.1 Å². The molecule has 6 nitrogen and oxygen atoms in total. The van der Waals surface area contributed by atoms with E-state index in [1.54, 1.807) is 0 Å². The highest BCUT2D eigenvalue weighted by molar-refractivity contribution is 6.08. The second-order valence-electron chi connectivity index (χ2n) is 7.33. The van der Waals surface area contributed by atoms with E-state index in [0.717, 1.165) is 31.7 Å². The van der Waals surface area contributed by atoms with Crippen LogP contribution in [0.4, 0.5) is 10.2 Å². The number of hydrogen-bond acceptors (Lipinski definition) is 3. The number of carbonyl (C=O) groups excluding carboxylic acids is 2. The fourth-order valence-electron chi connectivity index (χ4n) is 3.64. The lowest BCUT2D eigenvalue weighted by Gasteiger charge is -2.20. The first-order valence-corrected chi connectivity index (χ1v) is 10.1. The van der Waals surface area contributed by atoms with Crippen LogP contribution in [0.2, 0.25) is 0 Å². The van der Waals surface area contributed by atoms with Crippen molar-refractivity contribution in [2.45, 2.75) is 25.7 Å². The van der Waals surface area contributed by atoms with Crippen LogP contribution >= 0.6 is 0 Å². The molecule has 0 saturated carbocycles. The van der Waals surface area contributed by atoms with Gasteiger partial charge in [-0.3, -0.25) is 9.59 Å². The van der Waals surface area contributed by atoms with Crippen molar-refractivity contribution >= 4 is 17.6 Å². The van der Waals surface area contributed by atoms with Gasteiger partial charge in [-0.25, -0.2) is 9.07 Å². The van der Waals surface area contributed by atoms with Gasteiger partial charge in [-0.2, -0.15) is 5.10 Å². The summed E-state index contributed by atoms with van der Waals surface area (Å²) >= 11 is 0. The highest BCUT2D eigenvalue weighted by Crippen LogP contribution is 2.24. The number of amides is 2. The third-order valence-electron chi connectivity index (χ3n) is 5.21. The van der Waals surface area contributed by atoms with Crippen LogP contribution in [-0.4, -0.2) is 39.6 Å². The van der Waals surface area contributed by atoms with Crippen molar-refractivity contribution in [1.29, 1.82) is 0 Å². The van der Waals surface area contributed by atoms with Gasteiger partial charge in [0.25, 0.3) is 11.8 Å². The smallest absolute Gasteiger partial charge is 0.259 e. The molecule has 2 amide bonds. The molecule has 1 aliphatic rings. The summed E-state index contributed by atoms with van der Waals surface area (Å²) in [6.45, 7) is 1.37. The van der Waals surface area contributed by atoms with E-state index < -0.39 is 11.7 Å². The SMILES string of the molecule is O=C(Nc1c(C(=O)N2CCCCCC2)cnn1-c1ccccc1)c1cccc(F)c1. The second-order valence-corrected chi connectivity index (χ2v) is 7.33. The van der Waals surface area contributed by atoms with Crippen LogP contribution in [0.1, 0.15) is 46.4 Å². The molecule has 0 atom stereocenters. The van der Waals surface area contributed by atoms with Crippen LogP contribution in [0.5, 0.6) is 0 Å². The lowest BCUT2D eigenvalue weighted by molar-refractivity contribution is 0.0762. The molecular weight excluding hydrogens is 383 g/mol. The van der Waals surface area contributed by atoms with E-state index in [1.807, 2.05) is 35.2 Å². The Hall–Kier alpha value is -3.48. The number of likely N-dealkylation sites (tertiary alicyclic amines) is 1. The number of para-hydroxylation sites is 1. The average Bonchev–Trinajstić information content (AvgIpc) is 2.98.